The Labute approximate surface area is 186 Å². The summed E-state index contributed by atoms with van der Waals surface area (Å²) in [7, 11) is 0. The number of hydrogen-bond acceptors (Lipinski definition) is 5. The van der Waals surface area contributed by atoms with Gasteiger partial charge in [-0.15, -0.1) is 0 Å². The molecule has 11 heteroatoms. The molecule has 4 rings (SSSR count). The molecule has 2 N–H and O–H groups in total. The average Bonchev–Trinajstić information content (AvgIpc) is 3.06. The number of benzene rings is 1. The maximum atomic E-state index is 13.7. The summed E-state index contributed by atoms with van der Waals surface area (Å²) in [6, 6.07) is 4.67. The lowest BCUT2D eigenvalue weighted by atomic mass is 9.91. The highest BCUT2D eigenvalue weighted by molar-refractivity contribution is 6.09. The van der Waals surface area contributed by atoms with Crippen LogP contribution in [0.15, 0.2) is 36.7 Å². The minimum atomic E-state index is -1.39. The first-order chi connectivity index (χ1) is 15.5. The summed E-state index contributed by atoms with van der Waals surface area (Å²) in [5, 5.41) is 12.2. The number of Topliss-reactive ketones (excluding diaryl/α,β-unsaturated/α-hetero) is 1. The third-order valence-corrected chi connectivity index (χ3v) is 5.27. The van der Waals surface area contributed by atoms with E-state index in [-0.39, 0.29) is 41.3 Å². The van der Waals surface area contributed by atoms with Crippen molar-refractivity contribution in [2.45, 2.75) is 26.4 Å². The van der Waals surface area contributed by atoms with E-state index in [4.69, 9.17) is 4.74 Å². The molecule has 0 saturated carbocycles. The molecular weight excluding hydrogens is 435 g/mol. The van der Waals surface area contributed by atoms with Crippen molar-refractivity contribution < 1.29 is 33.2 Å². The van der Waals surface area contributed by atoms with E-state index in [0.29, 0.717) is 9.93 Å². The number of fused-ring (bicyclic) bond motifs is 1. The molecule has 2 aromatic heterocycles. The first-order valence-corrected chi connectivity index (χ1v) is 10.2. The Morgan fingerprint density at radius 2 is 1.88 bits per heavy atom. The van der Waals surface area contributed by atoms with Gasteiger partial charge in [-0.05, 0) is 49.9 Å². The number of aromatic amines is 1. The van der Waals surface area contributed by atoms with Gasteiger partial charge in [-0.25, -0.2) is 14.0 Å². The fourth-order valence-corrected chi connectivity index (χ4v) is 3.74. The highest BCUT2D eigenvalue weighted by Crippen LogP contribution is 2.29. The smallest absolute Gasteiger partial charge is 0.410 e. The molecule has 0 atom stereocenters. The molecular formula is C22H22FN4O6+. The molecule has 0 bridgehead atoms. The number of hydrogen-bond donors (Lipinski definition) is 2. The summed E-state index contributed by atoms with van der Waals surface area (Å²) in [6.45, 7) is 5.57. The summed E-state index contributed by atoms with van der Waals surface area (Å²) in [4.78, 5) is 51.0. The van der Waals surface area contributed by atoms with Gasteiger partial charge in [0.1, 0.15) is 28.9 Å². The van der Waals surface area contributed by atoms with Crippen LogP contribution in [0.25, 0.3) is 16.7 Å². The van der Waals surface area contributed by atoms with E-state index in [1.165, 1.54) is 34.0 Å². The van der Waals surface area contributed by atoms with E-state index in [1.807, 2.05) is 0 Å². The van der Waals surface area contributed by atoms with Crippen molar-refractivity contribution in [2.75, 3.05) is 13.1 Å². The van der Waals surface area contributed by atoms with Crippen LogP contribution in [-0.4, -0.2) is 56.2 Å². The van der Waals surface area contributed by atoms with E-state index in [9.17, 15) is 28.8 Å². The van der Waals surface area contributed by atoms with Crippen LogP contribution < -0.4 is 4.54 Å². The molecule has 0 aliphatic carbocycles. The number of H-pyrrole nitrogens is 1. The van der Waals surface area contributed by atoms with Crippen molar-refractivity contribution in [3.8, 4) is 5.69 Å². The quantitative estimate of drug-likeness (QED) is 0.458. The molecule has 3 aromatic rings. The van der Waals surface area contributed by atoms with Gasteiger partial charge in [0.05, 0.1) is 21.4 Å². The molecule has 0 spiro atoms. The molecule has 10 nitrogen and oxygen atoms in total. The number of amides is 1. The Balaban J connectivity index is 1.71. The maximum Gasteiger partial charge on any atom is 0.410 e. The van der Waals surface area contributed by atoms with Gasteiger partial charge >= 0.3 is 17.7 Å². The Morgan fingerprint density at radius 3 is 2.52 bits per heavy atom. The van der Waals surface area contributed by atoms with Crippen LogP contribution in [0.5, 0.6) is 0 Å². The zero-order valence-electron chi connectivity index (χ0n) is 18.2. The summed E-state index contributed by atoms with van der Waals surface area (Å²) in [5.41, 5.74) is -0.818. The number of ether oxygens (including phenoxy) is 1. The third kappa shape index (κ3) is 4.09. The number of carbonyl (C=O) groups excluding carboxylic acids is 2. The zero-order chi connectivity index (χ0) is 24.1. The van der Waals surface area contributed by atoms with Crippen LogP contribution in [0.2, 0.25) is 0 Å². The Bertz CT molecular complexity index is 1350. The van der Waals surface area contributed by atoms with Gasteiger partial charge in [-0.1, -0.05) is 0 Å². The lowest BCUT2D eigenvalue weighted by Gasteiger charge is -2.38. The number of rotatable bonds is 4. The molecule has 1 amide bonds. The summed E-state index contributed by atoms with van der Waals surface area (Å²) < 4.78 is 20.6. The molecule has 0 unspecified atom stereocenters. The number of ketones is 1. The normalized spacial score (nSPS) is 14.2. The van der Waals surface area contributed by atoms with Crippen molar-refractivity contribution in [3.63, 3.8) is 0 Å². The Hall–Kier alpha value is -4.02. The van der Waals surface area contributed by atoms with Crippen molar-refractivity contribution in [1.82, 2.24) is 14.6 Å². The van der Waals surface area contributed by atoms with Crippen LogP contribution in [0, 0.1) is 16.6 Å². The zero-order valence-corrected chi connectivity index (χ0v) is 18.2. The lowest BCUT2D eigenvalue weighted by Crippen LogP contribution is -2.54. The molecule has 33 heavy (non-hydrogen) atoms. The second-order valence-electron chi connectivity index (χ2n) is 8.82. The SMILES string of the molecule is CC(C)(C)OC(=O)N1CC(C(=O)c2cn(-c3ccc(F)cc3C(=O)O)c3c2cc[nH][n+]3=O)C1. The van der Waals surface area contributed by atoms with Gasteiger partial charge in [0.2, 0.25) is 0 Å². The summed E-state index contributed by atoms with van der Waals surface area (Å²) in [6.07, 6.45) is 2.20. The Morgan fingerprint density at radius 1 is 1.18 bits per heavy atom. The van der Waals surface area contributed by atoms with Crippen LogP contribution in [0.1, 0.15) is 41.5 Å². The van der Waals surface area contributed by atoms with E-state index < -0.39 is 29.4 Å². The average molecular weight is 457 g/mol. The number of aromatic carboxylic acids is 1. The maximum absolute atomic E-state index is 13.7. The van der Waals surface area contributed by atoms with Crippen LogP contribution in [-0.2, 0) is 4.74 Å². The fourth-order valence-electron chi connectivity index (χ4n) is 3.74. The standard InChI is InChI=1S/C22H21FN4O6/c1-22(2,3)33-21(31)25-9-12(10-25)18(28)16-11-26(19-14(16)6-7-24-27(19)32)17-5-4-13(23)8-15(17)20(29)30/h4-8,11-12H,9-10H2,1-3H3,(H-,24,29,30,32)/p+1. The third-order valence-electron chi connectivity index (χ3n) is 5.27. The molecule has 172 valence electrons. The van der Waals surface area contributed by atoms with E-state index in [1.54, 1.807) is 20.8 Å². The molecule has 0 radical (unpaired) electrons. The van der Waals surface area contributed by atoms with Gasteiger partial charge < -0.3 is 14.7 Å². The number of carbonyl (C=O) groups is 3. The van der Waals surface area contributed by atoms with Gasteiger partial charge in [-0.3, -0.25) is 4.79 Å². The van der Waals surface area contributed by atoms with Crippen LogP contribution in [0.4, 0.5) is 9.18 Å². The molecule has 3 heterocycles. The molecule has 1 saturated heterocycles. The Kier molecular flexibility index (Phi) is 5.27. The molecule has 1 fully saturated rings. The van der Waals surface area contributed by atoms with Crippen molar-refractivity contribution in [1.29, 1.82) is 0 Å². The van der Waals surface area contributed by atoms with Gasteiger partial charge in [-0.2, -0.15) is 9.67 Å². The van der Waals surface area contributed by atoms with Gasteiger partial charge in [0.25, 0.3) is 0 Å². The first kappa shape index (κ1) is 22.2. The first-order valence-electron chi connectivity index (χ1n) is 10.2. The van der Waals surface area contributed by atoms with E-state index >= 15 is 0 Å². The second kappa shape index (κ2) is 7.84. The second-order valence-corrected chi connectivity index (χ2v) is 8.82. The topological polar surface area (TPSA) is 128 Å². The number of halogens is 1. The minimum Gasteiger partial charge on any atom is -0.478 e. The number of likely N-dealkylation sites (tertiary alicyclic amines) is 1. The van der Waals surface area contributed by atoms with E-state index in [0.717, 1.165) is 12.1 Å². The molecule has 1 aromatic carbocycles. The highest BCUT2D eigenvalue weighted by Gasteiger charge is 2.40. The van der Waals surface area contributed by atoms with Gasteiger partial charge in [0, 0.05) is 19.3 Å². The van der Waals surface area contributed by atoms with Crippen molar-refractivity contribution in [3.05, 3.63) is 58.5 Å². The molecule has 1 aliphatic rings. The number of nitrogens with zero attached hydrogens (tertiary/aromatic N) is 3. The largest absolute Gasteiger partial charge is 0.478 e. The van der Waals surface area contributed by atoms with Crippen LogP contribution >= 0.6 is 0 Å². The number of nitrogens with one attached hydrogen (secondary N) is 1. The predicted octanol–water partition coefficient (Wildman–Crippen LogP) is 2.76. The van der Waals surface area contributed by atoms with Gasteiger partial charge in [0.15, 0.2) is 5.78 Å². The highest BCUT2D eigenvalue weighted by atomic mass is 19.1. The minimum absolute atomic E-state index is 0.0155. The van der Waals surface area contributed by atoms with Crippen molar-refractivity contribution >= 4 is 28.9 Å². The fraction of sp³-hybridized carbons (Fsp3) is 0.318. The summed E-state index contributed by atoms with van der Waals surface area (Å²) >= 11 is 0. The lowest BCUT2D eigenvalue weighted by molar-refractivity contribution is -0.538. The monoisotopic (exact) mass is 457 g/mol. The summed E-state index contributed by atoms with van der Waals surface area (Å²) in [5.74, 6) is -2.94. The number of carboxylic acids is 1. The van der Waals surface area contributed by atoms with E-state index in [2.05, 4.69) is 5.10 Å². The van der Waals surface area contributed by atoms with Crippen molar-refractivity contribution in [2.24, 2.45) is 5.92 Å². The van der Waals surface area contributed by atoms with Crippen LogP contribution in [0.3, 0.4) is 0 Å². The molecule has 1 aliphatic heterocycles. The predicted molar refractivity (Wildman–Crippen MR) is 114 cm³/mol. The number of aromatic nitrogens is 3. The number of carboxylic acid groups (broad SMARTS) is 1.